The molecule has 0 aliphatic carbocycles. The molecule has 2 atom stereocenters. The van der Waals surface area contributed by atoms with Crippen molar-refractivity contribution >= 4 is 23.6 Å². The number of carbonyl (C=O) groups is 2. The maximum atomic E-state index is 12.0. The highest BCUT2D eigenvalue weighted by Crippen LogP contribution is 2.33. The molecule has 1 amide bonds. The summed E-state index contributed by atoms with van der Waals surface area (Å²) in [6.07, 6.45) is -5.78. The Bertz CT molecular complexity index is 335. The first kappa shape index (κ1) is 15.1. The van der Waals surface area contributed by atoms with Crippen LogP contribution in [0.4, 0.5) is 13.2 Å². The minimum absolute atomic E-state index is 0.228. The molecule has 0 aromatic heterocycles. The average molecular weight is 285 g/mol. The quantitative estimate of drug-likeness (QED) is 0.859. The fourth-order valence-electron chi connectivity index (χ4n) is 1.78. The number of carbonyl (C=O) groups excluding carboxylic acids is 1. The summed E-state index contributed by atoms with van der Waals surface area (Å²) >= 11 is 1.29. The summed E-state index contributed by atoms with van der Waals surface area (Å²) in [4.78, 5) is 23.8. The third-order valence-electron chi connectivity index (χ3n) is 2.64. The third kappa shape index (κ3) is 3.79. The summed E-state index contributed by atoms with van der Waals surface area (Å²) in [6, 6.07) is -1.01. The van der Waals surface area contributed by atoms with E-state index in [4.69, 9.17) is 5.11 Å². The molecule has 0 saturated carbocycles. The zero-order valence-electron chi connectivity index (χ0n) is 9.74. The van der Waals surface area contributed by atoms with Gasteiger partial charge in [-0.3, -0.25) is 4.79 Å². The summed E-state index contributed by atoms with van der Waals surface area (Å²) in [5.74, 6) is -1.68. The molecule has 0 spiro atoms. The van der Waals surface area contributed by atoms with Crippen molar-refractivity contribution in [2.24, 2.45) is 0 Å². The number of alkyl halides is 3. The molecule has 1 fully saturated rings. The summed E-state index contributed by atoms with van der Waals surface area (Å²) < 4.78 is 36.1. The molecule has 0 aromatic carbocycles. The van der Waals surface area contributed by atoms with E-state index in [2.05, 4.69) is 0 Å². The molecule has 0 bridgehead atoms. The molecule has 0 aromatic rings. The molecule has 4 nitrogen and oxygen atoms in total. The number of hydrogen-bond acceptors (Lipinski definition) is 3. The Morgan fingerprint density at radius 3 is 2.50 bits per heavy atom. The van der Waals surface area contributed by atoms with E-state index in [1.54, 1.807) is 6.92 Å². The molecule has 8 heteroatoms. The largest absolute Gasteiger partial charge is 0.480 e. The van der Waals surface area contributed by atoms with E-state index in [1.807, 2.05) is 0 Å². The highest BCUT2D eigenvalue weighted by molar-refractivity contribution is 8.00. The van der Waals surface area contributed by atoms with Gasteiger partial charge in [-0.05, 0) is 6.42 Å². The molecule has 104 valence electrons. The van der Waals surface area contributed by atoms with E-state index in [9.17, 15) is 22.8 Å². The van der Waals surface area contributed by atoms with Crippen molar-refractivity contribution < 1.29 is 27.9 Å². The predicted molar refractivity (Wildman–Crippen MR) is 60.1 cm³/mol. The van der Waals surface area contributed by atoms with Gasteiger partial charge in [-0.15, -0.1) is 11.8 Å². The molecule has 18 heavy (non-hydrogen) atoms. The molecule has 1 aliphatic rings. The molecule has 0 radical (unpaired) electrons. The molecular weight excluding hydrogens is 271 g/mol. The molecule has 1 rings (SSSR count). The van der Waals surface area contributed by atoms with Crippen LogP contribution in [0.2, 0.25) is 0 Å². The van der Waals surface area contributed by atoms with Crippen LogP contribution in [0.15, 0.2) is 0 Å². The summed E-state index contributed by atoms with van der Waals surface area (Å²) in [5, 5.41) is 8.60. The van der Waals surface area contributed by atoms with Crippen molar-refractivity contribution in [1.29, 1.82) is 0 Å². The standard InChI is InChI=1S/C10H14F3NO3S/c1-2-8-14(6(5-18-8)9(16)17)7(15)3-4-10(11,12)13/h6,8H,2-5H2,1H3,(H,16,17). The van der Waals surface area contributed by atoms with Crippen LogP contribution in [0, 0.1) is 0 Å². The fourth-order valence-corrected chi connectivity index (χ4v) is 3.15. The van der Waals surface area contributed by atoms with Gasteiger partial charge in [-0.1, -0.05) is 6.92 Å². The van der Waals surface area contributed by atoms with Gasteiger partial charge in [0, 0.05) is 12.2 Å². The second kappa shape index (κ2) is 5.81. The number of amides is 1. The summed E-state index contributed by atoms with van der Waals surface area (Å²) in [6.45, 7) is 1.77. The van der Waals surface area contributed by atoms with Crippen LogP contribution < -0.4 is 0 Å². The zero-order chi connectivity index (χ0) is 13.9. The van der Waals surface area contributed by atoms with Crippen LogP contribution in [-0.2, 0) is 9.59 Å². The first-order valence-corrected chi connectivity index (χ1v) is 6.53. The second-order valence-corrected chi connectivity index (χ2v) is 5.18. The van der Waals surface area contributed by atoms with Crippen molar-refractivity contribution in [3.8, 4) is 0 Å². The van der Waals surface area contributed by atoms with Crippen molar-refractivity contribution in [3.05, 3.63) is 0 Å². The molecule has 1 N–H and O–H groups in total. The highest BCUT2D eigenvalue weighted by atomic mass is 32.2. The van der Waals surface area contributed by atoms with Gasteiger partial charge in [-0.2, -0.15) is 13.2 Å². The number of halogens is 3. The van der Waals surface area contributed by atoms with E-state index < -0.39 is 36.9 Å². The van der Waals surface area contributed by atoms with Crippen molar-refractivity contribution in [1.82, 2.24) is 4.90 Å². The van der Waals surface area contributed by atoms with Gasteiger partial charge in [0.15, 0.2) is 0 Å². The van der Waals surface area contributed by atoms with Crippen LogP contribution >= 0.6 is 11.8 Å². The molecular formula is C10H14F3NO3S. The van der Waals surface area contributed by atoms with Gasteiger partial charge in [0.05, 0.1) is 11.8 Å². The zero-order valence-corrected chi connectivity index (χ0v) is 10.6. The monoisotopic (exact) mass is 285 g/mol. The Kier molecular flexibility index (Phi) is 4.89. The predicted octanol–water partition coefficient (Wildman–Crippen LogP) is 2.09. The van der Waals surface area contributed by atoms with Gasteiger partial charge < -0.3 is 10.0 Å². The number of hydrogen-bond donors (Lipinski definition) is 1. The van der Waals surface area contributed by atoms with Crippen molar-refractivity contribution in [3.63, 3.8) is 0 Å². The molecule has 1 aliphatic heterocycles. The van der Waals surface area contributed by atoms with Crippen LogP contribution in [0.5, 0.6) is 0 Å². The number of rotatable bonds is 4. The maximum Gasteiger partial charge on any atom is 0.389 e. The highest BCUT2D eigenvalue weighted by Gasteiger charge is 2.41. The SMILES string of the molecule is CCC1SCC(C(=O)O)N1C(=O)CCC(F)(F)F. The van der Waals surface area contributed by atoms with Gasteiger partial charge in [-0.25, -0.2) is 4.79 Å². The van der Waals surface area contributed by atoms with Gasteiger partial charge in [0.25, 0.3) is 0 Å². The smallest absolute Gasteiger partial charge is 0.389 e. The van der Waals surface area contributed by atoms with Crippen LogP contribution in [0.3, 0.4) is 0 Å². The molecule has 1 saturated heterocycles. The van der Waals surface area contributed by atoms with Gasteiger partial charge in [0.1, 0.15) is 6.04 Å². The molecule has 2 unspecified atom stereocenters. The number of carboxylic acid groups (broad SMARTS) is 1. The van der Waals surface area contributed by atoms with E-state index in [0.29, 0.717) is 6.42 Å². The second-order valence-electron chi connectivity index (χ2n) is 3.97. The summed E-state index contributed by atoms with van der Waals surface area (Å²) in [7, 11) is 0. The normalized spacial score (nSPS) is 24.3. The van der Waals surface area contributed by atoms with Gasteiger partial charge >= 0.3 is 12.1 Å². The number of carboxylic acids is 1. The Balaban J connectivity index is 2.69. The van der Waals surface area contributed by atoms with Crippen LogP contribution in [-0.4, -0.2) is 45.2 Å². The van der Waals surface area contributed by atoms with Crippen molar-refractivity contribution in [2.45, 2.75) is 43.8 Å². The van der Waals surface area contributed by atoms with Crippen molar-refractivity contribution in [2.75, 3.05) is 5.75 Å². The number of thioether (sulfide) groups is 1. The Hall–Kier alpha value is -0.920. The van der Waals surface area contributed by atoms with Gasteiger partial charge in [0.2, 0.25) is 5.91 Å². The van der Waals surface area contributed by atoms with E-state index in [0.717, 1.165) is 4.90 Å². The summed E-state index contributed by atoms with van der Waals surface area (Å²) in [5.41, 5.74) is 0. The lowest BCUT2D eigenvalue weighted by Crippen LogP contribution is -2.45. The first-order valence-electron chi connectivity index (χ1n) is 5.48. The first-order chi connectivity index (χ1) is 8.26. The van der Waals surface area contributed by atoms with E-state index in [-0.39, 0.29) is 11.1 Å². The third-order valence-corrected chi connectivity index (χ3v) is 4.09. The number of aliphatic carboxylic acids is 1. The van der Waals surface area contributed by atoms with Crippen LogP contribution in [0.25, 0.3) is 0 Å². The average Bonchev–Trinajstić information content (AvgIpc) is 2.68. The Morgan fingerprint density at radius 2 is 2.06 bits per heavy atom. The lowest BCUT2D eigenvalue weighted by atomic mass is 10.2. The number of nitrogens with zero attached hydrogens (tertiary/aromatic N) is 1. The Labute approximate surface area is 107 Å². The fraction of sp³-hybridized carbons (Fsp3) is 0.800. The Morgan fingerprint density at radius 1 is 1.44 bits per heavy atom. The topological polar surface area (TPSA) is 57.6 Å². The lowest BCUT2D eigenvalue weighted by Gasteiger charge is -2.26. The minimum atomic E-state index is -4.40. The lowest BCUT2D eigenvalue weighted by molar-refractivity contribution is -0.155. The molecule has 1 heterocycles. The van der Waals surface area contributed by atoms with E-state index >= 15 is 0 Å². The van der Waals surface area contributed by atoms with Crippen LogP contribution in [0.1, 0.15) is 26.2 Å². The minimum Gasteiger partial charge on any atom is -0.480 e. The van der Waals surface area contributed by atoms with E-state index in [1.165, 1.54) is 11.8 Å². The maximum absolute atomic E-state index is 12.0.